The van der Waals surface area contributed by atoms with Crippen LogP contribution >= 0.6 is 22.6 Å². The van der Waals surface area contributed by atoms with E-state index in [1.54, 1.807) is 18.2 Å². The molecule has 0 saturated carbocycles. The molecule has 0 aliphatic carbocycles. The molecule has 0 atom stereocenters. The molecule has 0 amide bonds. The first kappa shape index (κ1) is 15.1. The molecule has 6 heteroatoms. The number of hydrogen-bond donors (Lipinski definition) is 1. The number of carbonyl (C=O) groups excluding carboxylic acids is 1. The van der Waals surface area contributed by atoms with Crippen LogP contribution in [-0.4, -0.2) is 18.0 Å². The molecule has 1 N–H and O–H groups in total. The number of furan rings is 1. The van der Waals surface area contributed by atoms with E-state index in [2.05, 4.69) is 0 Å². The quantitative estimate of drug-likeness (QED) is 0.372. The van der Waals surface area contributed by atoms with Crippen molar-refractivity contribution in [2.24, 2.45) is 0 Å². The Balaban J connectivity index is 2.44. The number of allylic oxidation sites excluding steroid dienone is 1. The number of phenols is 1. The number of rotatable bonds is 4. The summed E-state index contributed by atoms with van der Waals surface area (Å²) in [5.41, 5.74) is 0.513. The zero-order valence-corrected chi connectivity index (χ0v) is 13.1. The highest BCUT2D eigenvalue weighted by Crippen LogP contribution is 2.33. The number of nitriles is 1. The van der Waals surface area contributed by atoms with Gasteiger partial charge < -0.3 is 14.3 Å². The first-order chi connectivity index (χ1) is 10.1. The molecule has 1 aromatic carbocycles. The van der Waals surface area contributed by atoms with Gasteiger partial charge in [0.1, 0.15) is 11.6 Å². The Labute approximate surface area is 134 Å². The number of ketones is 1. The number of methoxy groups -OCH3 is 1. The maximum Gasteiger partial charge on any atom is 0.238 e. The maximum atomic E-state index is 12.1. The normalized spacial score (nSPS) is 11.0. The van der Waals surface area contributed by atoms with Crippen LogP contribution in [0, 0.1) is 14.9 Å². The Hall–Kier alpha value is -2.27. The summed E-state index contributed by atoms with van der Waals surface area (Å²) < 4.78 is 10.6. The molecule has 0 radical (unpaired) electrons. The molecule has 5 nitrogen and oxygen atoms in total. The highest BCUT2D eigenvalue weighted by atomic mass is 127. The molecule has 0 saturated heterocycles. The van der Waals surface area contributed by atoms with Gasteiger partial charge in [-0.15, -0.1) is 0 Å². The predicted molar refractivity (Wildman–Crippen MR) is 84.0 cm³/mol. The fraction of sp³-hybridized carbons (Fsp3) is 0.0667. The summed E-state index contributed by atoms with van der Waals surface area (Å²) in [4.78, 5) is 12.1. The number of phenolic OH excluding ortho intramolecular Hbond substituents is 1. The molecule has 1 aromatic heterocycles. The average Bonchev–Trinajstić information content (AvgIpc) is 3.01. The van der Waals surface area contributed by atoms with Crippen LogP contribution in [0.5, 0.6) is 11.5 Å². The second-order valence-corrected chi connectivity index (χ2v) is 5.19. The summed E-state index contributed by atoms with van der Waals surface area (Å²) >= 11 is 1.94. The monoisotopic (exact) mass is 395 g/mol. The van der Waals surface area contributed by atoms with Gasteiger partial charge in [-0.25, -0.2) is 0 Å². The number of benzene rings is 1. The van der Waals surface area contributed by atoms with Crippen LogP contribution in [0.4, 0.5) is 0 Å². The first-order valence-corrected chi connectivity index (χ1v) is 6.91. The topological polar surface area (TPSA) is 83.5 Å². The van der Waals surface area contributed by atoms with E-state index in [4.69, 9.17) is 14.4 Å². The Kier molecular flexibility index (Phi) is 4.65. The minimum Gasteiger partial charge on any atom is -0.504 e. The first-order valence-electron chi connectivity index (χ1n) is 5.83. The molecule has 0 aliphatic rings. The van der Waals surface area contributed by atoms with Gasteiger partial charge in [0.25, 0.3) is 0 Å². The van der Waals surface area contributed by atoms with Crippen molar-refractivity contribution in [3.63, 3.8) is 0 Å². The summed E-state index contributed by atoms with van der Waals surface area (Å²) in [6, 6.07) is 8.12. The number of halogens is 1. The highest BCUT2D eigenvalue weighted by molar-refractivity contribution is 14.1. The molecule has 0 unspecified atom stereocenters. The number of hydrogen-bond acceptors (Lipinski definition) is 5. The Morgan fingerprint density at radius 1 is 1.52 bits per heavy atom. The summed E-state index contributed by atoms with van der Waals surface area (Å²) in [6.45, 7) is 0. The van der Waals surface area contributed by atoms with Gasteiger partial charge in [0.05, 0.1) is 16.9 Å². The van der Waals surface area contributed by atoms with Gasteiger partial charge in [0.15, 0.2) is 17.3 Å². The van der Waals surface area contributed by atoms with Crippen LogP contribution in [0.3, 0.4) is 0 Å². The van der Waals surface area contributed by atoms with E-state index in [1.807, 2.05) is 28.7 Å². The average molecular weight is 395 g/mol. The van der Waals surface area contributed by atoms with Crippen LogP contribution in [0.25, 0.3) is 6.08 Å². The molecule has 0 fully saturated rings. The number of nitrogens with zero attached hydrogens (tertiary/aromatic N) is 1. The maximum absolute atomic E-state index is 12.1. The number of aromatic hydroxyl groups is 1. The fourth-order valence-corrected chi connectivity index (χ4v) is 2.31. The van der Waals surface area contributed by atoms with Gasteiger partial charge >= 0.3 is 0 Å². The van der Waals surface area contributed by atoms with E-state index in [1.165, 1.54) is 25.5 Å². The van der Waals surface area contributed by atoms with Gasteiger partial charge in [0, 0.05) is 0 Å². The molecule has 2 aromatic rings. The van der Waals surface area contributed by atoms with Gasteiger partial charge in [-0.05, 0) is 58.5 Å². The molecule has 2 rings (SSSR count). The summed E-state index contributed by atoms with van der Waals surface area (Å²) in [5, 5.41) is 18.9. The van der Waals surface area contributed by atoms with Crippen LogP contribution in [0.15, 0.2) is 40.5 Å². The lowest BCUT2D eigenvalue weighted by molar-refractivity contribution is 0.101. The van der Waals surface area contributed by atoms with E-state index in [9.17, 15) is 9.90 Å². The van der Waals surface area contributed by atoms with E-state index < -0.39 is 5.78 Å². The number of carbonyl (C=O) groups is 1. The molecule has 21 heavy (non-hydrogen) atoms. The lowest BCUT2D eigenvalue weighted by atomic mass is 10.1. The smallest absolute Gasteiger partial charge is 0.238 e. The zero-order valence-electron chi connectivity index (χ0n) is 11.0. The largest absolute Gasteiger partial charge is 0.504 e. The van der Waals surface area contributed by atoms with E-state index in [0.29, 0.717) is 9.13 Å². The van der Waals surface area contributed by atoms with Crippen molar-refractivity contribution in [1.29, 1.82) is 5.26 Å². The second-order valence-electron chi connectivity index (χ2n) is 4.03. The molecular weight excluding hydrogens is 385 g/mol. The summed E-state index contributed by atoms with van der Waals surface area (Å²) in [7, 11) is 1.43. The van der Waals surface area contributed by atoms with Crippen molar-refractivity contribution in [2.45, 2.75) is 0 Å². The third kappa shape index (κ3) is 3.25. The lowest BCUT2D eigenvalue weighted by Crippen LogP contribution is -2.00. The van der Waals surface area contributed by atoms with Crippen molar-refractivity contribution in [2.75, 3.05) is 7.11 Å². The summed E-state index contributed by atoms with van der Waals surface area (Å²) in [6.07, 6.45) is 2.80. The van der Waals surface area contributed by atoms with Crippen molar-refractivity contribution in [1.82, 2.24) is 0 Å². The van der Waals surface area contributed by atoms with Crippen molar-refractivity contribution in [3.8, 4) is 17.6 Å². The molecule has 106 valence electrons. The second kappa shape index (κ2) is 6.45. The van der Waals surface area contributed by atoms with Gasteiger partial charge in [0.2, 0.25) is 5.78 Å². The van der Waals surface area contributed by atoms with Gasteiger partial charge in [-0.1, -0.05) is 0 Å². The van der Waals surface area contributed by atoms with E-state index in [-0.39, 0.29) is 22.8 Å². The van der Waals surface area contributed by atoms with Crippen LogP contribution in [0.1, 0.15) is 16.1 Å². The number of ether oxygens (including phenoxy) is 1. The van der Waals surface area contributed by atoms with E-state index in [0.717, 1.165) is 0 Å². The Bertz CT molecular complexity index is 742. The predicted octanol–water partition coefficient (Wildman–Crippen LogP) is 3.39. The lowest BCUT2D eigenvalue weighted by Gasteiger charge is -2.06. The minimum atomic E-state index is -0.496. The third-order valence-corrected chi connectivity index (χ3v) is 3.51. The third-order valence-electron chi connectivity index (χ3n) is 2.69. The fourth-order valence-electron chi connectivity index (χ4n) is 1.69. The molecule has 0 bridgehead atoms. The van der Waals surface area contributed by atoms with Crippen molar-refractivity contribution >= 4 is 34.5 Å². The molecular formula is C15H10INO4. The Morgan fingerprint density at radius 3 is 2.86 bits per heavy atom. The number of Topliss-reactive ketones (excluding diaryl/α,β-unsaturated/α-hetero) is 1. The van der Waals surface area contributed by atoms with Crippen molar-refractivity contribution in [3.05, 3.63) is 51.0 Å². The van der Waals surface area contributed by atoms with Crippen LogP contribution in [0.2, 0.25) is 0 Å². The van der Waals surface area contributed by atoms with Crippen LogP contribution in [-0.2, 0) is 0 Å². The highest BCUT2D eigenvalue weighted by Gasteiger charge is 2.15. The van der Waals surface area contributed by atoms with E-state index >= 15 is 0 Å². The molecule has 0 spiro atoms. The van der Waals surface area contributed by atoms with Gasteiger partial charge in [-0.2, -0.15) is 5.26 Å². The Morgan fingerprint density at radius 2 is 2.29 bits per heavy atom. The molecule has 0 aliphatic heterocycles. The van der Waals surface area contributed by atoms with Crippen molar-refractivity contribution < 1.29 is 19.1 Å². The van der Waals surface area contributed by atoms with Gasteiger partial charge in [-0.3, -0.25) is 4.79 Å². The zero-order chi connectivity index (χ0) is 15.4. The summed E-state index contributed by atoms with van der Waals surface area (Å²) in [5.74, 6) is -0.102. The van der Waals surface area contributed by atoms with Crippen LogP contribution < -0.4 is 4.74 Å². The standard InChI is InChI=1S/C15H10INO4/c1-20-13-7-9(6-11(16)15(13)19)5-10(8-17)14(18)12-3-2-4-21-12/h2-7,19H,1H3/b10-5+. The molecule has 1 heterocycles. The SMILES string of the molecule is COc1cc(/C=C(\C#N)C(=O)c2ccco2)cc(I)c1O. The minimum absolute atomic E-state index is 0.0196.